The van der Waals surface area contributed by atoms with Crippen LogP contribution < -0.4 is 11.1 Å². The van der Waals surface area contributed by atoms with E-state index < -0.39 is 10.0 Å². The van der Waals surface area contributed by atoms with Gasteiger partial charge in [0.2, 0.25) is 10.0 Å². The summed E-state index contributed by atoms with van der Waals surface area (Å²) >= 11 is 0. The number of halogens is 1. The molecule has 3 atom stereocenters. The van der Waals surface area contributed by atoms with E-state index in [1.807, 2.05) is 0 Å². The molecule has 2 aliphatic rings. The smallest absolute Gasteiger partial charge is 0.251 e. The predicted octanol–water partition coefficient (Wildman–Crippen LogP) is 2.24. The molecule has 3 rings (SSSR count). The Kier molecular flexibility index (Phi) is 7.30. The molecule has 8 heteroatoms. The Bertz CT molecular complexity index is 757. The summed E-state index contributed by atoms with van der Waals surface area (Å²) in [6.07, 6.45) is 3.28. The molecular weight excluding hydrogens is 386 g/mol. The summed E-state index contributed by atoms with van der Waals surface area (Å²) in [4.78, 5) is 12.6. The lowest BCUT2D eigenvalue weighted by Crippen LogP contribution is -2.42. The second-order valence-electron chi connectivity index (χ2n) is 8.01. The Balaban J connectivity index is 0.00000261. The Morgan fingerprint density at radius 3 is 2.48 bits per heavy atom. The minimum Gasteiger partial charge on any atom is -0.350 e. The standard InChI is InChI=1S/C19H29N3O3S.ClH/c1-13-8-14(2)12-22(11-13)26(24,25)17-5-3-4-16(9-17)19(23)21-10-18(20)15-6-7-15;/h3-5,9,13-15,18H,6-8,10-12,20H2,1-2H3,(H,21,23);1H. The number of hydrogen-bond acceptors (Lipinski definition) is 4. The van der Waals surface area contributed by atoms with Gasteiger partial charge in [0, 0.05) is 31.2 Å². The number of nitrogens with one attached hydrogen (secondary N) is 1. The fourth-order valence-electron chi connectivity index (χ4n) is 3.75. The molecule has 1 aromatic rings. The van der Waals surface area contributed by atoms with Crippen LogP contribution in [0.4, 0.5) is 0 Å². The van der Waals surface area contributed by atoms with Crippen LogP contribution in [0.1, 0.15) is 43.5 Å². The largest absolute Gasteiger partial charge is 0.350 e. The molecule has 0 radical (unpaired) electrons. The lowest BCUT2D eigenvalue weighted by molar-refractivity contribution is 0.0950. The number of amides is 1. The molecule has 1 heterocycles. The predicted molar refractivity (Wildman–Crippen MR) is 108 cm³/mol. The van der Waals surface area contributed by atoms with Gasteiger partial charge in [-0.3, -0.25) is 4.79 Å². The third-order valence-electron chi connectivity index (χ3n) is 5.30. The normalized spacial score (nSPS) is 24.7. The average Bonchev–Trinajstić information content (AvgIpc) is 3.43. The van der Waals surface area contributed by atoms with Gasteiger partial charge in [-0.2, -0.15) is 4.31 Å². The average molecular weight is 416 g/mol. The topological polar surface area (TPSA) is 92.5 Å². The third-order valence-corrected chi connectivity index (χ3v) is 7.12. The van der Waals surface area contributed by atoms with E-state index in [-0.39, 0.29) is 29.3 Å². The first-order valence-corrected chi connectivity index (χ1v) is 10.9. The second-order valence-corrected chi connectivity index (χ2v) is 9.95. The Labute approximate surface area is 168 Å². The second kappa shape index (κ2) is 8.90. The molecule has 0 aromatic heterocycles. The summed E-state index contributed by atoms with van der Waals surface area (Å²) in [5, 5.41) is 2.82. The Morgan fingerprint density at radius 1 is 1.26 bits per heavy atom. The van der Waals surface area contributed by atoms with Crippen molar-refractivity contribution in [3.63, 3.8) is 0 Å². The SMILES string of the molecule is CC1CC(C)CN(S(=O)(=O)c2cccc(C(=O)NCC(N)C3CC3)c2)C1.Cl. The van der Waals surface area contributed by atoms with Gasteiger partial charge in [-0.15, -0.1) is 12.4 Å². The van der Waals surface area contributed by atoms with Gasteiger partial charge in [0.25, 0.3) is 5.91 Å². The maximum atomic E-state index is 13.0. The van der Waals surface area contributed by atoms with Crippen molar-refractivity contribution in [1.29, 1.82) is 0 Å². The number of rotatable bonds is 6. The quantitative estimate of drug-likeness (QED) is 0.745. The summed E-state index contributed by atoms with van der Waals surface area (Å²) in [6.45, 7) is 5.62. The molecule has 3 N–H and O–H groups in total. The lowest BCUT2D eigenvalue weighted by Gasteiger charge is -2.34. The highest BCUT2D eigenvalue weighted by atomic mass is 35.5. The number of nitrogens with two attached hydrogens (primary N) is 1. The molecule has 1 aliphatic heterocycles. The highest BCUT2D eigenvalue weighted by Crippen LogP contribution is 2.31. The minimum absolute atomic E-state index is 0. The fourth-order valence-corrected chi connectivity index (χ4v) is 5.48. The summed E-state index contributed by atoms with van der Waals surface area (Å²) in [5.41, 5.74) is 6.36. The van der Waals surface area contributed by atoms with Crippen molar-refractivity contribution in [2.24, 2.45) is 23.5 Å². The minimum atomic E-state index is -3.59. The number of nitrogens with zero attached hydrogens (tertiary/aromatic N) is 1. The van der Waals surface area contributed by atoms with Crippen molar-refractivity contribution in [3.8, 4) is 0 Å². The van der Waals surface area contributed by atoms with E-state index in [0.717, 1.165) is 19.3 Å². The first-order chi connectivity index (χ1) is 12.3. The van der Waals surface area contributed by atoms with Crippen LogP contribution in [0.3, 0.4) is 0 Å². The van der Waals surface area contributed by atoms with E-state index in [9.17, 15) is 13.2 Å². The van der Waals surface area contributed by atoms with Crippen LogP contribution in [0.5, 0.6) is 0 Å². The van der Waals surface area contributed by atoms with Crippen LogP contribution >= 0.6 is 12.4 Å². The fraction of sp³-hybridized carbons (Fsp3) is 0.632. The molecule has 1 saturated carbocycles. The van der Waals surface area contributed by atoms with Crippen molar-refractivity contribution in [2.45, 2.75) is 44.0 Å². The molecule has 0 spiro atoms. The van der Waals surface area contributed by atoms with Gasteiger partial charge in [0.1, 0.15) is 0 Å². The number of hydrogen-bond donors (Lipinski definition) is 2. The first kappa shape index (κ1) is 22.1. The molecule has 2 fully saturated rings. The van der Waals surface area contributed by atoms with Gasteiger partial charge in [-0.05, 0) is 55.2 Å². The Hall–Kier alpha value is -1.15. The summed E-state index contributed by atoms with van der Waals surface area (Å²) in [6, 6.07) is 6.27. The molecule has 1 saturated heterocycles. The molecule has 27 heavy (non-hydrogen) atoms. The van der Waals surface area contributed by atoms with E-state index in [1.165, 1.54) is 6.07 Å². The zero-order valence-electron chi connectivity index (χ0n) is 15.9. The van der Waals surface area contributed by atoms with Crippen LogP contribution in [-0.4, -0.2) is 44.3 Å². The lowest BCUT2D eigenvalue weighted by atomic mass is 9.94. The van der Waals surface area contributed by atoms with Crippen molar-refractivity contribution in [3.05, 3.63) is 29.8 Å². The van der Waals surface area contributed by atoms with Gasteiger partial charge in [0.05, 0.1) is 4.90 Å². The molecule has 0 bridgehead atoms. The molecule has 1 aromatic carbocycles. The summed E-state index contributed by atoms with van der Waals surface area (Å²) in [7, 11) is -3.59. The van der Waals surface area contributed by atoms with Crippen LogP contribution in [-0.2, 0) is 10.0 Å². The van der Waals surface area contributed by atoms with Crippen LogP contribution in [0.15, 0.2) is 29.2 Å². The molecule has 152 valence electrons. The zero-order chi connectivity index (χ0) is 18.9. The van der Waals surface area contributed by atoms with E-state index in [2.05, 4.69) is 19.2 Å². The number of sulfonamides is 1. The zero-order valence-corrected chi connectivity index (χ0v) is 17.6. The van der Waals surface area contributed by atoms with Crippen LogP contribution in [0.25, 0.3) is 0 Å². The van der Waals surface area contributed by atoms with Crippen LogP contribution in [0, 0.1) is 17.8 Å². The molecule has 1 aliphatic carbocycles. The first-order valence-electron chi connectivity index (χ1n) is 9.41. The van der Waals surface area contributed by atoms with Gasteiger partial charge >= 0.3 is 0 Å². The number of benzene rings is 1. The summed E-state index contributed by atoms with van der Waals surface area (Å²) < 4.78 is 27.5. The molecule has 1 amide bonds. The van der Waals surface area contributed by atoms with Crippen molar-refractivity contribution < 1.29 is 13.2 Å². The van der Waals surface area contributed by atoms with Crippen molar-refractivity contribution in [2.75, 3.05) is 19.6 Å². The highest BCUT2D eigenvalue weighted by Gasteiger charge is 2.32. The van der Waals surface area contributed by atoms with E-state index in [1.54, 1.807) is 22.5 Å². The van der Waals surface area contributed by atoms with E-state index in [4.69, 9.17) is 5.73 Å². The number of piperidine rings is 1. The van der Waals surface area contributed by atoms with Gasteiger partial charge in [-0.25, -0.2) is 8.42 Å². The summed E-state index contributed by atoms with van der Waals surface area (Å²) in [5.74, 6) is 0.899. The number of carbonyl (C=O) groups excluding carboxylic acids is 1. The Morgan fingerprint density at radius 2 is 1.89 bits per heavy atom. The molecular formula is C19H30ClN3O3S. The van der Waals surface area contributed by atoms with Crippen molar-refractivity contribution >= 4 is 28.3 Å². The third kappa shape index (κ3) is 5.44. The van der Waals surface area contributed by atoms with Crippen molar-refractivity contribution in [1.82, 2.24) is 9.62 Å². The maximum Gasteiger partial charge on any atom is 0.251 e. The highest BCUT2D eigenvalue weighted by molar-refractivity contribution is 7.89. The van der Waals surface area contributed by atoms with Gasteiger partial charge < -0.3 is 11.1 Å². The molecule has 3 unspecified atom stereocenters. The van der Waals surface area contributed by atoms with E-state index >= 15 is 0 Å². The number of carbonyl (C=O) groups is 1. The van der Waals surface area contributed by atoms with Crippen LogP contribution in [0.2, 0.25) is 0 Å². The molecule has 6 nitrogen and oxygen atoms in total. The van der Waals surface area contributed by atoms with Gasteiger partial charge in [0.15, 0.2) is 0 Å². The maximum absolute atomic E-state index is 13.0. The van der Waals surface area contributed by atoms with E-state index in [0.29, 0.717) is 43.0 Å². The van der Waals surface area contributed by atoms with Gasteiger partial charge in [-0.1, -0.05) is 19.9 Å². The monoisotopic (exact) mass is 415 g/mol.